The third-order valence-corrected chi connectivity index (χ3v) is 6.35. The Balaban J connectivity index is 1.58. The molecule has 28 heavy (non-hydrogen) atoms. The molecule has 0 saturated carbocycles. The van der Waals surface area contributed by atoms with E-state index in [4.69, 9.17) is 4.74 Å². The van der Waals surface area contributed by atoms with Crippen LogP contribution in [0.5, 0.6) is 5.75 Å². The minimum absolute atomic E-state index is 0.00322. The molecule has 2 aromatic rings. The smallest absolute Gasteiger partial charge is 0.253 e. The second kappa shape index (κ2) is 8.75. The van der Waals surface area contributed by atoms with Crippen LogP contribution >= 0.6 is 0 Å². The van der Waals surface area contributed by atoms with Crippen LogP contribution < -0.4 is 9.46 Å². The molecular formula is C21H26N2O4S. The Morgan fingerprint density at radius 2 is 1.82 bits per heavy atom. The van der Waals surface area contributed by atoms with Crippen molar-refractivity contribution in [2.24, 2.45) is 0 Å². The number of aryl methyl sites for hydroxylation is 1. The van der Waals surface area contributed by atoms with E-state index in [1.165, 1.54) is 0 Å². The van der Waals surface area contributed by atoms with E-state index < -0.39 is 10.0 Å². The van der Waals surface area contributed by atoms with Gasteiger partial charge in [0.25, 0.3) is 5.91 Å². The molecule has 1 heterocycles. The summed E-state index contributed by atoms with van der Waals surface area (Å²) in [5.74, 6) is 0.640. The Morgan fingerprint density at radius 3 is 2.43 bits per heavy atom. The van der Waals surface area contributed by atoms with Gasteiger partial charge < -0.3 is 9.64 Å². The van der Waals surface area contributed by atoms with E-state index in [0.29, 0.717) is 43.9 Å². The maximum absolute atomic E-state index is 12.6. The first-order valence-electron chi connectivity index (χ1n) is 9.50. The molecule has 0 atom stereocenters. The van der Waals surface area contributed by atoms with Crippen LogP contribution in [0.15, 0.2) is 53.4 Å². The fraction of sp³-hybridized carbons (Fsp3) is 0.381. The van der Waals surface area contributed by atoms with Gasteiger partial charge in [-0.2, -0.15) is 0 Å². The number of nitrogens with zero attached hydrogens (tertiary/aromatic N) is 1. The van der Waals surface area contributed by atoms with E-state index in [-0.39, 0.29) is 16.8 Å². The number of benzene rings is 2. The summed E-state index contributed by atoms with van der Waals surface area (Å²) in [5.41, 5.74) is 1.72. The number of piperidine rings is 1. The topological polar surface area (TPSA) is 75.7 Å². The van der Waals surface area contributed by atoms with Crippen molar-refractivity contribution < 1.29 is 17.9 Å². The number of hydrogen-bond acceptors (Lipinski definition) is 4. The normalized spacial score (nSPS) is 15.4. The molecule has 1 N–H and O–H groups in total. The number of hydrogen-bond donors (Lipinski definition) is 1. The van der Waals surface area contributed by atoms with Crippen molar-refractivity contribution in [2.75, 3.05) is 19.7 Å². The molecule has 0 spiro atoms. The summed E-state index contributed by atoms with van der Waals surface area (Å²) >= 11 is 0. The quantitative estimate of drug-likeness (QED) is 0.806. The van der Waals surface area contributed by atoms with Crippen LogP contribution in [0.4, 0.5) is 0 Å². The maximum Gasteiger partial charge on any atom is 0.253 e. The van der Waals surface area contributed by atoms with Gasteiger partial charge in [-0.25, -0.2) is 13.1 Å². The van der Waals surface area contributed by atoms with Crippen LogP contribution in [0.25, 0.3) is 0 Å². The Kier molecular flexibility index (Phi) is 6.36. The molecule has 1 aliphatic rings. The average Bonchev–Trinajstić information content (AvgIpc) is 2.68. The SMILES string of the molecule is CCOc1ccc(S(=O)(=O)NC2CCN(C(=O)c3cccc(C)c3)CC2)cc1. The standard InChI is InChI=1S/C21H26N2O4S/c1-3-27-19-7-9-20(10-8-19)28(25,26)22-18-11-13-23(14-12-18)21(24)17-6-4-5-16(2)15-17/h4-10,15,18,22H,3,11-14H2,1-2H3. The molecule has 1 amide bonds. The highest BCUT2D eigenvalue weighted by Gasteiger charge is 2.27. The van der Waals surface area contributed by atoms with Gasteiger partial charge in [-0.15, -0.1) is 0 Å². The fourth-order valence-electron chi connectivity index (χ4n) is 3.33. The number of carbonyl (C=O) groups is 1. The number of nitrogens with one attached hydrogen (secondary N) is 1. The largest absolute Gasteiger partial charge is 0.494 e. The van der Waals surface area contributed by atoms with Crippen LogP contribution in [0.3, 0.4) is 0 Å². The molecule has 3 rings (SSSR count). The number of carbonyl (C=O) groups excluding carboxylic acids is 1. The van der Waals surface area contributed by atoms with Gasteiger partial charge in [-0.05, 0) is 63.1 Å². The predicted octanol–water partition coefficient (Wildman–Crippen LogP) is 2.98. The molecule has 0 unspecified atom stereocenters. The van der Waals surface area contributed by atoms with Gasteiger partial charge in [0.05, 0.1) is 11.5 Å². The lowest BCUT2D eigenvalue weighted by Crippen LogP contribution is -2.46. The van der Waals surface area contributed by atoms with E-state index in [0.717, 1.165) is 5.56 Å². The summed E-state index contributed by atoms with van der Waals surface area (Å²) in [6.45, 7) is 5.43. The third kappa shape index (κ3) is 4.91. The molecule has 0 aliphatic carbocycles. The molecule has 1 fully saturated rings. The fourth-order valence-corrected chi connectivity index (χ4v) is 4.64. The lowest BCUT2D eigenvalue weighted by molar-refractivity contribution is 0.0711. The van der Waals surface area contributed by atoms with Crippen molar-refractivity contribution in [2.45, 2.75) is 37.6 Å². The zero-order chi connectivity index (χ0) is 20.1. The Labute approximate surface area is 166 Å². The van der Waals surface area contributed by atoms with Gasteiger partial charge >= 0.3 is 0 Å². The van der Waals surface area contributed by atoms with Gasteiger partial charge in [0.15, 0.2) is 0 Å². The lowest BCUT2D eigenvalue weighted by Gasteiger charge is -2.32. The van der Waals surface area contributed by atoms with Gasteiger partial charge in [-0.3, -0.25) is 4.79 Å². The molecule has 2 aromatic carbocycles. The molecule has 0 aromatic heterocycles. The molecule has 7 heteroatoms. The zero-order valence-corrected chi connectivity index (χ0v) is 17.0. The second-order valence-electron chi connectivity index (χ2n) is 6.96. The molecule has 6 nitrogen and oxygen atoms in total. The van der Waals surface area contributed by atoms with Crippen LogP contribution in [0, 0.1) is 6.92 Å². The summed E-state index contributed by atoms with van der Waals surface area (Å²) < 4.78 is 33.3. The molecular weight excluding hydrogens is 376 g/mol. The molecule has 1 saturated heterocycles. The number of amides is 1. The third-order valence-electron chi connectivity index (χ3n) is 4.81. The monoisotopic (exact) mass is 402 g/mol. The van der Waals surface area contributed by atoms with Crippen molar-refractivity contribution in [3.63, 3.8) is 0 Å². The van der Waals surface area contributed by atoms with Crippen molar-refractivity contribution >= 4 is 15.9 Å². The summed E-state index contributed by atoms with van der Waals surface area (Å²) in [5, 5.41) is 0. The minimum Gasteiger partial charge on any atom is -0.494 e. The van der Waals surface area contributed by atoms with E-state index in [9.17, 15) is 13.2 Å². The number of ether oxygens (including phenoxy) is 1. The van der Waals surface area contributed by atoms with Crippen molar-refractivity contribution in [1.29, 1.82) is 0 Å². The first kappa shape index (κ1) is 20.4. The molecule has 0 radical (unpaired) electrons. The van der Waals surface area contributed by atoms with Gasteiger partial charge in [0.1, 0.15) is 5.75 Å². The summed E-state index contributed by atoms with van der Waals surface area (Å²) in [6.07, 6.45) is 1.18. The molecule has 1 aliphatic heterocycles. The first-order valence-corrected chi connectivity index (χ1v) is 11.0. The van der Waals surface area contributed by atoms with E-state index in [1.54, 1.807) is 29.2 Å². The van der Waals surface area contributed by atoms with Crippen molar-refractivity contribution in [1.82, 2.24) is 9.62 Å². The van der Waals surface area contributed by atoms with Gasteiger partial charge in [0, 0.05) is 24.7 Å². The molecule has 150 valence electrons. The molecule has 0 bridgehead atoms. The van der Waals surface area contributed by atoms with Crippen LogP contribution in [0.2, 0.25) is 0 Å². The summed E-state index contributed by atoms with van der Waals surface area (Å²) in [7, 11) is -3.60. The van der Waals surface area contributed by atoms with Crippen LogP contribution in [-0.2, 0) is 10.0 Å². The van der Waals surface area contributed by atoms with Crippen LogP contribution in [-0.4, -0.2) is 45.0 Å². The van der Waals surface area contributed by atoms with Gasteiger partial charge in [0.2, 0.25) is 10.0 Å². The maximum atomic E-state index is 12.6. The lowest BCUT2D eigenvalue weighted by atomic mass is 10.0. The van der Waals surface area contributed by atoms with E-state index in [1.807, 2.05) is 38.1 Å². The van der Waals surface area contributed by atoms with E-state index in [2.05, 4.69) is 4.72 Å². The van der Waals surface area contributed by atoms with Crippen molar-refractivity contribution in [3.05, 3.63) is 59.7 Å². The predicted molar refractivity (Wildman–Crippen MR) is 108 cm³/mol. The zero-order valence-electron chi connectivity index (χ0n) is 16.2. The Morgan fingerprint density at radius 1 is 1.14 bits per heavy atom. The average molecular weight is 403 g/mol. The van der Waals surface area contributed by atoms with Crippen LogP contribution in [0.1, 0.15) is 35.7 Å². The number of likely N-dealkylation sites (tertiary alicyclic amines) is 1. The van der Waals surface area contributed by atoms with E-state index >= 15 is 0 Å². The Hall–Kier alpha value is -2.38. The highest BCUT2D eigenvalue weighted by molar-refractivity contribution is 7.89. The number of rotatable bonds is 6. The summed E-state index contributed by atoms with van der Waals surface area (Å²) in [4.78, 5) is 14.6. The summed E-state index contributed by atoms with van der Waals surface area (Å²) in [6, 6.07) is 13.7. The minimum atomic E-state index is -3.60. The Bertz CT molecular complexity index is 918. The highest BCUT2D eigenvalue weighted by atomic mass is 32.2. The highest BCUT2D eigenvalue weighted by Crippen LogP contribution is 2.19. The number of sulfonamides is 1. The van der Waals surface area contributed by atoms with Gasteiger partial charge in [-0.1, -0.05) is 17.7 Å². The first-order chi connectivity index (χ1) is 13.4. The second-order valence-corrected chi connectivity index (χ2v) is 8.68. The van der Waals surface area contributed by atoms with Crippen molar-refractivity contribution in [3.8, 4) is 5.75 Å².